The highest BCUT2D eigenvalue weighted by Crippen LogP contribution is 2.43. The van der Waals surface area contributed by atoms with Crippen molar-refractivity contribution in [3.05, 3.63) is 48.6 Å². The Labute approximate surface area is 303 Å². The number of hydrogen-bond acceptors (Lipinski definition) is 9. The molecule has 4 N–H and O–H groups in total. The predicted molar refractivity (Wildman–Crippen MR) is 202 cm³/mol. The number of ether oxygens (including phenoxy) is 2. The maximum atomic E-state index is 12.5. The number of aliphatic hydroxyl groups excluding tert-OH is 1. The Morgan fingerprint density at radius 1 is 0.700 bits per heavy atom. The van der Waals surface area contributed by atoms with Crippen LogP contribution >= 0.6 is 7.82 Å². The Morgan fingerprint density at radius 3 is 1.90 bits per heavy atom. The van der Waals surface area contributed by atoms with Crippen LogP contribution in [0.5, 0.6) is 0 Å². The normalized spacial score (nSPS) is 14.6. The molecule has 0 saturated heterocycles. The van der Waals surface area contributed by atoms with E-state index in [1.54, 1.807) is 6.08 Å². The number of nitrogens with two attached hydrogens (primary N) is 1. The van der Waals surface area contributed by atoms with Gasteiger partial charge in [-0.05, 0) is 64.2 Å². The molecule has 3 atom stereocenters. The molecule has 0 aliphatic rings. The number of aliphatic hydroxyl groups is 1. The van der Waals surface area contributed by atoms with Crippen LogP contribution in [0.2, 0.25) is 0 Å². The number of hydrogen-bond donors (Lipinski definition) is 3. The minimum absolute atomic E-state index is 0.0384. The van der Waals surface area contributed by atoms with Gasteiger partial charge in [-0.15, -0.1) is 0 Å². The van der Waals surface area contributed by atoms with Gasteiger partial charge in [0, 0.05) is 19.4 Å². The van der Waals surface area contributed by atoms with Crippen LogP contribution in [0, 0.1) is 0 Å². The smallest absolute Gasteiger partial charge is 0.462 e. The second-order valence-electron chi connectivity index (χ2n) is 12.6. The summed E-state index contributed by atoms with van der Waals surface area (Å²) in [6.45, 7) is 3.43. The van der Waals surface area contributed by atoms with Crippen LogP contribution in [-0.2, 0) is 32.7 Å². The first-order chi connectivity index (χ1) is 24.2. The average molecular weight is 728 g/mol. The van der Waals surface area contributed by atoms with Gasteiger partial charge in [0.05, 0.1) is 19.3 Å². The number of phosphoric ester groups is 1. The summed E-state index contributed by atoms with van der Waals surface area (Å²) in [5.41, 5.74) is 5.32. The molecule has 0 rings (SSSR count). The number of phosphoric acid groups is 1. The van der Waals surface area contributed by atoms with E-state index in [9.17, 15) is 24.2 Å². The van der Waals surface area contributed by atoms with E-state index in [2.05, 4.69) is 32.1 Å². The van der Waals surface area contributed by atoms with Crippen LogP contribution in [0.4, 0.5) is 0 Å². The highest BCUT2D eigenvalue weighted by molar-refractivity contribution is 7.47. The Bertz CT molecular complexity index is 983. The maximum absolute atomic E-state index is 12.5. The molecule has 0 heterocycles. The highest BCUT2D eigenvalue weighted by Gasteiger charge is 2.25. The van der Waals surface area contributed by atoms with Crippen molar-refractivity contribution in [1.82, 2.24) is 0 Å². The van der Waals surface area contributed by atoms with E-state index in [1.807, 2.05) is 24.3 Å². The minimum atomic E-state index is -4.39. The lowest BCUT2D eigenvalue weighted by atomic mass is 10.1. The molecule has 0 aliphatic carbocycles. The first-order valence-corrected chi connectivity index (χ1v) is 20.7. The van der Waals surface area contributed by atoms with Gasteiger partial charge < -0.3 is 25.2 Å². The summed E-state index contributed by atoms with van der Waals surface area (Å²) in [7, 11) is -4.39. The first-order valence-electron chi connectivity index (χ1n) is 19.2. The molecular weight excluding hydrogens is 657 g/mol. The Balaban J connectivity index is 4.32. The SMILES string of the molecule is CC/C=C/CC(O)/C=C/C=C/CCCCCCCC(=O)O[C@H](COC(=O)CCCCCCC/C=C\CCCCCC)COP(=O)(O)OCCN. The third-order valence-electron chi connectivity index (χ3n) is 7.78. The molecule has 0 aromatic rings. The number of esters is 2. The summed E-state index contributed by atoms with van der Waals surface area (Å²) in [6.07, 6.45) is 34.7. The van der Waals surface area contributed by atoms with Gasteiger partial charge in [-0.3, -0.25) is 18.6 Å². The third kappa shape index (κ3) is 34.4. The fraction of sp³-hybridized carbons (Fsp3) is 0.744. The van der Waals surface area contributed by atoms with Crippen molar-refractivity contribution in [2.75, 3.05) is 26.4 Å². The molecule has 0 amide bonds. The summed E-state index contributed by atoms with van der Waals surface area (Å²) >= 11 is 0. The molecule has 11 heteroatoms. The van der Waals surface area contributed by atoms with Gasteiger partial charge in [-0.25, -0.2) is 4.57 Å². The lowest BCUT2D eigenvalue weighted by Gasteiger charge is -2.19. The van der Waals surface area contributed by atoms with Gasteiger partial charge in [0.15, 0.2) is 6.10 Å². The Kier molecular flexibility index (Phi) is 33.9. The quantitative estimate of drug-likeness (QED) is 0.0189. The number of rotatable bonds is 35. The topological polar surface area (TPSA) is 155 Å². The van der Waals surface area contributed by atoms with E-state index < -0.39 is 38.6 Å². The minimum Gasteiger partial charge on any atom is -0.462 e. The van der Waals surface area contributed by atoms with Crippen LogP contribution in [0.25, 0.3) is 0 Å². The number of allylic oxidation sites excluding steroid dienone is 6. The molecule has 0 spiro atoms. The lowest BCUT2D eigenvalue weighted by Crippen LogP contribution is -2.29. The van der Waals surface area contributed by atoms with Gasteiger partial charge in [0.1, 0.15) is 6.61 Å². The number of carbonyl (C=O) groups is 2. The molecule has 290 valence electrons. The van der Waals surface area contributed by atoms with Crippen molar-refractivity contribution in [3.8, 4) is 0 Å². The zero-order valence-electron chi connectivity index (χ0n) is 31.2. The summed E-state index contributed by atoms with van der Waals surface area (Å²) in [4.78, 5) is 34.7. The summed E-state index contributed by atoms with van der Waals surface area (Å²) in [5.74, 6) is -0.898. The van der Waals surface area contributed by atoms with E-state index in [1.165, 1.54) is 32.1 Å². The zero-order chi connectivity index (χ0) is 37.0. The van der Waals surface area contributed by atoms with E-state index in [-0.39, 0.29) is 32.6 Å². The standard InChI is InChI=1S/C39H70NO9P/c1-3-5-7-8-9-10-11-12-13-16-19-22-26-30-38(42)46-34-37(35-48-50(44,45)47-33-32-40)49-39(43)31-27-23-20-17-14-15-18-21-25-29-36(41)28-24-6-4-2/h6,10-11,18,21,24-25,29,36-37,41H,3-5,7-9,12-17,19-20,22-23,26-28,30-35,40H2,1-2H3,(H,44,45)/b11-10-,21-18+,24-6+,29-25+/t36?,37-/m1/s1. The Morgan fingerprint density at radius 2 is 1.28 bits per heavy atom. The molecule has 0 aliphatic heterocycles. The van der Waals surface area contributed by atoms with Gasteiger partial charge in [0.2, 0.25) is 0 Å². The molecule has 10 nitrogen and oxygen atoms in total. The predicted octanol–water partition coefficient (Wildman–Crippen LogP) is 9.35. The van der Waals surface area contributed by atoms with E-state index in [4.69, 9.17) is 24.3 Å². The van der Waals surface area contributed by atoms with Crippen LogP contribution in [0.1, 0.15) is 149 Å². The second-order valence-corrected chi connectivity index (χ2v) is 14.1. The van der Waals surface area contributed by atoms with Crippen molar-refractivity contribution in [1.29, 1.82) is 0 Å². The van der Waals surface area contributed by atoms with E-state index in [0.29, 0.717) is 19.3 Å². The fourth-order valence-corrected chi connectivity index (χ4v) is 5.66. The number of unbranched alkanes of at least 4 members (excludes halogenated alkanes) is 14. The average Bonchev–Trinajstić information content (AvgIpc) is 3.09. The van der Waals surface area contributed by atoms with Gasteiger partial charge >= 0.3 is 19.8 Å². The molecule has 0 saturated carbocycles. The molecule has 50 heavy (non-hydrogen) atoms. The summed E-state index contributed by atoms with van der Waals surface area (Å²) in [5, 5.41) is 9.85. The molecule has 0 bridgehead atoms. The highest BCUT2D eigenvalue weighted by atomic mass is 31.2. The third-order valence-corrected chi connectivity index (χ3v) is 8.76. The summed E-state index contributed by atoms with van der Waals surface area (Å²) in [6, 6.07) is 0. The summed E-state index contributed by atoms with van der Waals surface area (Å²) < 4.78 is 32.6. The largest absolute Gasteiger partial charge is 0.472 e. The molecule has 0 fully saturated rings. The molecular formula is C39H70NO9P. The van der Waals surface area contributed by atoms with E-state index >= 15 is 0 Å². The maximum Gasteiger partial charge on any atom is 0.472 e. The van der Waals surface area contributed by atoms with Gasteiger partial charge in [-0.2, -0.15) is 0 Å². The van der Waals surface area contributed by atoms with Crippen LogP contribution in [-0.4, -0.2) is 60.5 Å². The van der Waals surface area contributed by atoms with Crippen molar-refractivity contribution < 1.29 is 42.7 Å². The molecule has 2 unspecified atom stereocenters. The van der Waals surface area contributed by atoms with Crippen LogP contribution < -0.4 is 5.73 Å². The monoisotopic (exact) mass is 727 g/mol. The number of carbonyl (C=O) groups excluding carboxylic acids is 2. The molecule has 0 aromatic carbocycles. The van der Waals surface area contributed by atoms with Gasteiger partial charge in [0.25, 0.3) is 0 Å². The van der Waals surface area contributed by atoms with Crippen LogP contribution in [0.3, 0.4) is 0 Å². The Hall–Kier alpha value is -2.07. The van der Waals surface area contributed by atoms with Crippen LogP contribution in [0.15, 0.2) is 48.6 Å². The lowest BCUT2D eigenvalue weighted by molar-refractivity contribution is -0.161. The zero-order valence-corrected chi connectivity index (χ0v) is 32.1. The van der Waals surface area contributed by atoms with Crippen molar-refractivity contribution in [3.63, 3.8) is 0 Å². The molecule has 0 aromatic heterocycles. The van der Waals surface area contributed by atoms with Gasteiger partial charge in [-0.1, -0.05) is 120 Å². The van der Waals surface area contributed by atoms with Crippen molar-refractivity contribution in [2.45, 2.75) is 161 Å². The molecule has 0 radical (unpaired) electrons. The second kappa shape index (κ2) is 35.3. The van der Waals surface area contributed by atoms with Crippen molar-refractivity contribution in [2.24, 2.45) is 5.73 Å². The van der Waals surface area contributed by atoms with E-state index in [0.717, 1.165) is 70.6 Å². The van der Waals surface area contributed by atoms with Crippen molar-refractivity contribution >= 4 is 19.8 Å². The fourth-order valence-electron chi connectivity index (χ4n) is 4.90. The first kappa shape index (κ1) is 47.9.